The average molecular weight is 353 g/mol. The minimum atomic E-state index is -4.38. The number of halogens is 3. The molecule has 0 bridgehead atoms. The number of nitrogens with zero attached hydrogens (tertiary/aromatic N) is 3. The van der Waals surface area contributed by atoms with E-state index >= 15 is 0 Å². The Morgan fingerprint density at radius 1 is 1.08 bits per heavy atom. The van der Waals surface area contributed by atoms with Crippen LogP contribution in [0.1, 0.15) is 18.4 Å². The molecule has 0 amide bonds. The second-order valence-electron chi connectivity index (χ2n) is 5.84. The number of benzene rings is 1. The lowest BCUT2D eigenvalue weighted by Gasteiger charge is -2.33. The lowest BCUT2D eigenvalue weighted by atomic mass is 10.1. The van der Waals surface area contributed by atoms with Gasteiger partial charge >= 0.3 is 6.18 Å². The molecular weight excluding hydrogens is 335 g/mol. The van der Waals surface area contributed by atoms with Crippen LogP contribution in [0.5, 0.6) is 5.75 Å². The minimum absolute atomic E-state index is 0.109. The van der Waals surface area contributed by atoms with Crippen molar-refractivity contribution in [1.29, 1.82) is 0 Å². The number of hydrogen-bond donors (Lipinski definition) is 2. The number of nitrogens with two attached hydrogens (primary N) is 2. The Bertz CT molecular complexity index is 725. The Kier molecular flexibility index (Phi) is 4.56. The van der Waals surface area contributed by atoms with Gasteiger partial charge < -0.3 is 21.1 Å². The van der Waals surface area contributed by atoms with Crippen LogP contribution in [0.25, 0.3) is 0 Å². The van der Waals surface area contributed by atoms with Gasteiger partial charge in [0.2, 0.25) is 5.95 Å². The molecular formula is C16H18F3N5O. The van der Waals surface area contributed by atoms with Crippen LogP contribution in [-0.2, 0) is 6.18 Å². The fourth-order valence-electron chi connectivity index (χ4n) is 2.77. The second kappa shape index (κ2) is 6.66. The van der Waals surface area contributed by atoms with Crippen molar-refractivity contribution in [1.82, 2.24) is 9.97 Å². The Balaban J connectivity index is 1.61. The SMILES string of the molecule is Nc1cc(N2CCC(Oc3cccc(C(F)(F)F)c3)CC2)nc(N)n1. The van der Waals surface area contributed by atoms with Gasteiger partial charge in [-0.1, -0.05) is 6.07 Å². The largest absolute Gasteiger partial charge is 0.490 e. The molecule has 6 nitrogen and oxygen atoms in total. The molecule has 1 aromatic carbocycles. The van der Waals surface area contributed by atoms with Gasteiger partial charge in [-0.15, -0.1) is 0 Å². The number of ether oxygens (including phenoxy) is 1. The molecule has 25 heavy (non-hydrogen) atoms. The predicted octanol–water partition coefficient (Wildman–Crippen LogP) is 2.71. The highest BCUT2D eigenvalue weighted by Gasteiger charge is 2.31. The first-order valence-electron chi connectivity index (χ1n) is 7.80. The third-order valence-corrected chi connectivity index (χ3v) is 3.98. The van der Waals surface area contributed by atoms with E-state index in [-0.39, 0.29) is 17.8 Å². The summed E-state index contributed by atoms with van der Waals surface area (Å²) in [6, 6.07) is 6.58. The molecule has 3 rings (SSSR count). The van der Waals surface area contributed by atoms with Crippen LogP contribution in [0.2, 0.25) is 0 Å². The predicted molar refractivity (Wildman–Crippen MR) is 88.2 cm³/mol. The monoisotopic (exact) mass is 353 g/mol. The summed E-state index contributed by atoms with van der Waals surface area (Å²) in [5.74, 6) is 1.27. The first-order chi connectivity index (χ1) is 11.8. The zero-order valence-electron chi connectivity index (χ0n) is 13.3. The molecule has 1 aliphatic heterocycles. The van der Waals surface area contributed by atoms with Crippen molar-refractivity contribution < 1.29 is 17.9 Å². The smallest absolute Gasteiger partial charge is 0.416 e. The number of alkyl halides is 3. The lowest BCUT2D eigenvalue weighted by molar-refractivity contribution is -0.137. The Labute approximate surface area is 142 Å². The molecule has 0 saturated carbocycles. The standard InChI is InChI=1S/C16H18F3N5O/c17-16(18,19)10-2-1-3-12(8-10)25-11-4-6-24(7-5-11)14-9-13(20)22-15(21)23-14/h1-3,8-9,11H,4-7H2,(H4,20,21,22,23). The average Bonchev–Trinajstić information content (AvgIpc) is 2.54. The first kappa shape index (κ1) is 17.1. The highest BCUT2D eigenvalue weighted by Crippen LogP contribution is 2.32. The maximum absolute atomic E-state index is 12.8. The summed E-state index contributed by atoms with van der Waals surface area (Å²) >= 11 is 0. The summed E-state index contributed by atoms with van der Waals surface area (Å²) in [5, 5.41) is 0. The van der Waals surface area contributed by atoms with Crippen molar-refractivity contribution in [2.75, 3.05) is 29.5 Å². The normalized spacial score (nSPS) is 16.0. The number of anilines is 3. The van der Waals surface area contributed by atoms with Gasteiger partial charge in [0.05, 0.1) is 5.56 Å². The van der Waals surface area contributed by atoms with E-state index in [4.69, 9.17) is 16.2 Å². The quantitative estimate of drug-likeness (QED) is 0.882. The van der Waals surface area contributed by atoms with E-state index in [1.54, 1.807) is 6.07 Å². The van der Waals surface area contributed by atoms with E-state index in [0.717, 1.165) is 12.1 Å². The highest BCUT2D eigenvalue weighted by molar-refractivity contribution is 5.50. The number of hydrogen-bond acceptors (Lipinski definition) is 6. The van der Waals surface area contributed by atoms with E-state index in [9.17, 15) is 13.2 Å². The molecule has 0 radical (unpaired) electrons. The van der Waals surface area contributed by atoms with E-state index in [2.05, 4.69) is 9.97 Å². The fourth-order valence-corrected chi connectivity index (χ4v) is 2.77. The van der Waals surface area contributed by atoms with Crippen molar-refractivity contribution in [3.8, 4) is 5.75 Å². The molecule has 1 aliphatic rings. The zero-order chi connectivity index (χ0) is 18.0. The summed E-state index contributed by atoms with van der Waals surface area (Å²) in [7, 11) is 0. The van der Waals surface area contributed by atoms with Crippen molar-refractivity contribution in [2.24, 2.45) is 0 Å². The molecule has 4 N–H and O–H groups in total. The summed E-state index contributed by atoms with van der Waals surface area (Å²) in [5.41, 5.74) is 10.6. The Morgan fingerprint density at radius 2 is 1.80 bits per heavy atom. The van der Waals surface area contributed by atoms with Crippen LogP contribution in [0.3, 0.4) is 0 Å². The molecule has 134 valence electrons. The van der Waals surface area contributed by atoms with Crippen LogP contribution in [0.4, 0.5) is 30.8 Å². The van der Waals surface area contributed by atoms with E-state index in [1.165, 1.54) is 12.1 Å². The van der Waals surface area contributed by atoms with Crippen LogP contribution >= 0.6 is 0 Å². The topological polar surface area (TPSA) is 90.3 Å². The highest BCUT2D eigenvalue weighted by atomic mass is 19.4. The summed E-state index contributed by atoms with van der Waals surface area (Å²) in [4.78, 5) is 9.98. The van der Waals surface area contributed by atoms with Gasteiger partial charge in [-0.25, -0.2) is 0 Å². The number of aromatic nitrogens is 2. The van der Waals surface area contributed by atoms with Gasteiger partial charge in [-0.05, 0) is 18.2 Å². The first-order valence-corrected chi connectivity index (χ1v) is 7.80. The summed E-state index contributed by atoms with van der Waals surface area (Å²) < 4.78 is 44.0. The molecule has 1 aromatic heterocycles. The maximum atomic E-state index is 12.8. The minimum Gasteiger partial charge on any atom is -0.490 e. The van der Waals surface area contributed by atoms with Gasteiger partial charge in [0.1, 0.15) is 23.5 Å². The molecule has 2 heterocycles. The Morgan fingerprint density at radius 3 is 2.44 bits per heavy atom. The van der Waals surface area contributed by atoms with E-state index < -0.39 is 11.7 Å². The maximum Gasteiger partial charge on any atom is 0.416 e. The number of rotatable bonds is 3. The van der Waals surface area contributed by atoms with Crippen LogP contribution < -0.4 is 21.1 Å². The van der Waals surface area contributed by atoms with Gasteiger partial charge in [-0.2, -0.15) is 23.1 Å². The molecule has 2 aromatic rings. The van der Waals surface area contributed by atoms with Gasteiger partial charge in [-0.3, -0.25) is 0 Å². The van der Waals surface area contributed by atoms with Crippen LogP contribution in [-0.4, -0.2) is 29.2 Å². The van der Waals surface area contributed by atoms with E-state index in [1.807, 2.05) is 4.90 Å². The summed E-state index contributed by atoms with van der Waals surface area (Å²) in [6.45, 7) is 1.28. The van der Waals surface area contributed by atoms with Crippen LogP contribution in [0.15, 0.2) is 30.3 Å². The molecule has 0 atom stereocenters. The van der Waals surface area contributed by atoms with Gasteiger partial charge in [0, 0.05) is 32.0 Å². The number of nitrogen functional groups attached to an aromatic ring is 2. The number of piperidine rings is 1. The molecule has 1 fully saturated rings. The summed E-state index contributed by atoms with van der Waals surface area (Å²) in [6.07, 6.45) is -3.23. The fraction of sp³-hybridized carbons (Fsp3) is 0.375. The molecule has 0 aliphatic carbocycles. The van der Waals surface area contributed by atoms with Crippen LogP contribution in [0, 0.1) is 0 Å². The Hall–Kier alpha value is -2.71. The van der Waals surface area contributed by atoms with Gasteiger partial charge in [0.25, 0.3) is 0 Å². The van der Waals surface area contributed by atoms with E-state index in [0.29, 0.717) is 37.6 Å². The van der Waals surface area contributed by atoms with Gasteiger partial charge in [0.15, 0.2) is 0 Å². The third kappa shape index (κ3) is 4.23. The molecule has 0 unspecified atom stereocenters. The second-order valence-corrected chi connectivity index (χ2v) is 5.84. The molecule has 9 heteroatoms. The zero-order valence-corrected chi connectivity index (χ0v) is 13.3. The molecule has 1 saturated heterocycles. The lowest BCUT2D eigenvalue weighted by Crippen LogP contribution is -2.38. The van der Waals surface area contributed by atoms with Crippen molar-refractivity contribution in [2.45, 2.75) is 25.1 Å². The van der Waals surface area contributed by atoms with Crippen molar-refractivity contribution in [3.05, 3.63) is 35.9 Å². The third-order valence-electron chi connectivity index (χ3n) is 3.98. The van der Waals surface area contributed by atoms with Crippen molar-refractivity contribution in [3.63, 3.8) is 0 Å². The van der Waals surface area contributed by atoms with Crippen molar-refractivity contribution >= 4 is 17.6 Å². The molecule has 0 spiro atoms.